The van der Waals surface area contributed by atoms with Crippen molar-refractivity contribution in [1.82, 2.24) is 15.5 Å². The predicted molar refractivity (Wildman–Crippen MR) is 151 cm³/mol. The predicted octanol–water partition coefficient (Wildman–Crippen LogP) is 5.11. The Bertz CT molecular complexity index is 1110. The molecule has 1 aliphatic rings. The van der Waals surface area contributed by atoms with E-state index in [1.807, 2.05) is 44.2 Å². The Kier molecular flexibility index (Phi) is 10.0. The van der Waals surface area contributed by atoms with E-state index in [4.69, 9.17) is 4.74 Å². The zero-order valence-corrected chi connectivity index (χ0v) is 23.9. The third-order valence-corrected chi connectivity index (χ3v) is 6.80. The van der Waals surface area contributed by atoms with Crippen molar-refractivity contribution >= 4 is 17.9 Å². The molecule has 39 heavy (non-hydrogen) atoms. The minimum absolute atomic E-state index is 0.0727. The molecule has 1 aliphatic carbocycles. The van der Waals surface area contributed by atoms with E-state index < -0.39 is 23.8 Å². The van der Waals surface area contributed by atoms with Crippen molar-refractivity contribution in [2.75, 3.05) is 0 Å². The summed E-state index contributed by atoms with van der Waals surface area (Å²) in [4.78, 5) is 42.7. The summed E-state index contributed by atoms with van der Waals surface area (Å²) in [6, 6.07) is 13.7. The van der Waals surface area contributed by atoms with Crippen molar-refractivity contribution in [1.29, 1.82) is 0 Å². The highest BCUT2D eigenvalue weighted by molar-refractivity contribution is 5.93. The second-order valence-electron chi connectivity index (χ2n) is 11.6. The molecule has 0 radical (unpaired) electrons. The van der Waals surface area contributed by atoms with Gasteiger partial charge in [-0.15, -0.1) is 0 Å². The van der Waals surface area contributed by atoms with E-state index in [0.717, 1.165) is 24.8 Å². The number of hydrogen-bond acceptors (Lipinski definition) is 5. The lowest BCUT2D eigenvalue weighted by atomic mass is 9.99. The number of aromatic hydroxyl groups is 1. The Hall–Kier alpha value is -3.55. The maximum Gasteiger partial charge on any atom is 0.408 e. The molecule has 8 nitrogen and oxygen atoms in total. The molecule has 3 rings (SSSR count). The van der Waals surface area contributed by atoms with E-state index in [9.17, 15) is 19.5 Å². The number of carbonyl (C=O) groups is 3. The molecular formula is C31H43N3O5. The molecular weight excluding hydrogens is 494 g/mol. The second-order valence-corrected chi connectivity index (χ2v) is 11.6. The van der Waals surface area contributed by atoms with Crippen LogP contribution in [-0.2, 0) is 20.7 Å². The summed E-state index contributed by atoms with van der Waals surface area (Å²) >= 11 is 0. The molecule has 3 N–H and O–H groups in total. The van der Waals surface area contributed by atoms with Crippen LogP contribution in [-0.4, -0.2) is 51.6 Å². The van der Waals surface area contributed by atoms with Gasteiger partial charge in [0.25, 0.3) is 0 Å². The number of rotatable bonds is 11. The van der Waals surface area contributed by atoms with Crippen LogP contribution in [0.5, 0.6) is 5.75 Å². The Morgan fingerprint density at radius 1 is 1.05 bits per heavy atom. The normalized spacial score (nSPS) is 18.8. The van der Waals surface area contributed by atoms with E-state index >= 15 is 0 Å². The Balaban J connectivity index is 2.02. The van der Waals surface area contributed by atoms with Crippen LogP contribution in [0.2, 0.25) is 0 Å². The molecule has 2 aromatic rings. The first-order chi connectivity index (χ1) is 18.4. The smallest absolute Gasteiger partial charge is 0.408 e. The summed E-state index contributed by atoms with van der Waals surface area (Å²) in [6.07, 6.45) is 2.02. The molecule has 0 heterocycles. The maximum absolute atomic E-state index is 14.4. The number of nitrogens with one attached hydrogen (secondary N) is 2. The lowest BCUT2D eigenvalue weighted by molar-refractivity contribution is -0.143. The lowest BCUT2D eigenvalue weighted by Gasteiger charge is -2.35. The summed E-state index contributed by atoms with van der Waals surface area (Å²) in [6.45, 7) is 11.3. The van der Waals surface area contributed by atoms with E-state index in [-0.39, 0.29) is 42.0 Å². The zero-order valence-electron chi connectivity index (χ0n) is 23.9. The standard InChI is InChI=1S/C31H43N3O5/c1-7-11-21(3)32-28(36)27(23-14-16-24(35)17-15-23)34(26-18-20(26)2)29(37)25(19-22-12-9-8-10-13-22)33-30(38)39-31(4,5)6/h8-10,12-17,20-21,25-27,35H,7,11,18-19H2,1-6H3,(H,32,36)(H,33,38). The van der Waals surface area contributed by atoms with Gasteiger partial charge in [-0.2, -0.15) is 0 Å². The molecule has 2 aromatic carbocycles. The first-order valence-corrected chi connectivity index (χ1v) is 13.8. The van der Waals surface area contributed by atoms with E-state index in [2.05, 4.69) is 17.6 Å². The number of ether oxygens (including phenoxy) is 1. The van der Waals surface area contributed by atoms with Gasteiger partial charge in [-0.3, -0.25) is 9.59 Å². The van der Waals surface area contributed by atoms with Gasteiger partial charge in [0.1, 0.15) is 23.4 Å². The summed E-state index contributed by atoms with van der Waals surface area (Å²) in [5.74, 6) is -0.364. The first kappa shape index (κ1) is 30.0. The van der Waals surface area contributed by atoms with Crippen molar-refractivity contribution in [2.45, 2.75) is 97.0 Å². The Morgan fingerprint density at radius 2 is 1.67 bits per heavy atom. The molecule has 0 bridgehead atoms. The molecule has 3 amide bonds. The number of carbonyl (C=O) groups excluding carboxylic acids is 3. The molecule has 0 saturated heterocycles. The van der Waals surface area contributed by atoms with Gasteiger partial charge in [0.05, 0.1) is 0 Å². The topological polar surface area (TPSA) is 108 Å². The summed E-state index contributed by atoms with van der Waals surface area (Å²) < 4.78 is 5.49. The van der Waals surface area contributed by atoms with Crippen molar-refractivity contribution in [3.05, 3.63) is 65.7 Å². The highest BCUT2D eigenvalue weighted by atomic mass is 16.6. The van der Waals surface area contributed by atoms with Gasteiger partial charge < -0.3 is 25.4 Å². The van der Waals surface area contributed by atoms with E-state index in [1.165, 1.54) is 12.1 Å². The first-order valence-electron chi connectivity index (χ1n) is 13.8. The number of amides is 3. The molecule has 1 fully saturated rings. The highest BCUT2D eigenvalue weighted by Crippen LogP contribution is 2.41. The van der Waals surface area contributed by atoms with Gasteiger partial charge in [0.15, 0.2) is 0 Å². The third-order valence-electron chi connectivity index (χ3n) is 6.80. The maximum atomic E-state index is 14.4. The number of benzene rings is 2. The van der Waals surface area contributed by atoms with Gasteiger partial charge >= 0.3 is 6.09 Å². The molecule has 5 atom stereocenters. The SMILES string of the molecule is CCCC(C)NC(=O)C(c1ccc(O)cc1)N(C(=O)C(Cc1ccccc1)NC(=O)OC(C)(C)C)C1CC1C. The minimum Gasteiger partial charge on any atom is -0.508 e. The molecule has 0 spiro atoms. The van der Waals surface area contributed by atoms with Crippen LogP contribution in [0.3, 0.4) is 0 Å². The highest BCUT2D eigenvalue weighted by Gasteiger charge is 2.48. The Labute approximate surface area is 232 Å². The number of phenols is 1. The van der Waals surface area contributed by atoms with Crippen molar-refractivity contribution in [2.24, 2.45) is 5.92 Å². The Morgan fingerprint density at radius 3 is 2.21 bits per heavy atom. The van der Waals surface area contributed by atoms with Crippen LogP contribution in [0.4, 0.5) is 4.79 Å². The average molecular weight is 538 g/mol. The molecule has 0 aromatic heterocycles. The van der Waals surface area contributed by atoms with Crippen LogP contribution in [0.1, 0.15) is 78.0 Å². The fourth-order valence-corrected chi connectivity index (χ4v) is 4.77. The second kappa shape index (κ2) is 13.0. The molecule has 1 saturated carbocycles. The van der Waals surface area contributed by atoms with Crippen LogP contribution < -0.4 is 10.6 Å². The van der Waals surface area contributed by atoms with Crippen molar-refractivity contribution < 1.29 is 24.2 Å². The summed E-state index contributed by atoms with van der Waals surface area (Å²) in [5, 5.41) is 15.8. The van der Waals surface area contributed by atoms with Crippen LogP contribution in [0.25, 0.3) is 0 Å². The third kappa shape index (κ3) is 8.73. The molecule has 5 unspecified atom stereocenters. The van der Waals surface area contributed by atoms with Gasteiger partial charge in [-0.05, 0) is 69.7 Å². The van der Waals surface area contributed by atoms with Crippen LogP contribution >= 0.6 is 0 Å². The summed E-state index contributed by atoms with van der Waals surface area (Å²) in [5.41, 5.74) is 0.731. The van der Waals surface area contributed by atoms with Gasteiger partial charge in [-0.25, -0.2) is 4.79 Å². The number of alkyl carbamates (subject to hydrolysis) is 1. The lowest BCUT2D eigenvalue weighted by Crippen LogP contribution is -2.55. The number of phenolic OH excluding ortho intramolecular Hbond substituents is 1. The van der Waals surface area contributed by atoms with Gasteiger partial charge in [-0.1, -0.05) is 62.7 Å². The van der Waals surface area contributed by atoms with Crippen molar-refractivity contribution in [3.63, 3.8) is 0 Å². The largest absolute Gasteiger partial charge is 0.508 e. The van der Waals surface area contributed by atoms with Crippen LogP contribution in [0, 0.1) is 5.92 Å². The monoisotopic (exact) mass is 537 g/mol. The fourth-order valence-electron chi connectivity index (χ4n) is 4.77. The van der Waals surface area contributed by atoms with Crippen LogP contribution in [0.15, 0.2) is 54.6 Å². The number of nitrogens with zero attached hydrogens (tertiary/aromatic N) is 1. The van der Waals surface area contributed by atoms with Gasteiger partial charge in [0.2, 0.25) is 11.8 Å². The zero-order chi connectivity index (χ0) is 28.7. The van der Waals surface area contributed by atoms with E-state index in [1.54, 1.807) is 37.8 Å². The average Bonchev–Trinajstić information content (AvgIpc) is 3.57. The van der Waals surface area contributed by atoms with Gasteiger partial charge in [0, 0.05) is 18.5 Å². The van der Waals surface area contributed by atoms with E-state index in [0.29, 0.717) is 5.56 Å². The minimum atomic E-state index is -0.949. The molecule has 0 aliphatic heterocycles. The van der Waals surface area contributed by atoms with Crippen molar-refractivity contribution in [3.8, 4) is 5.75 Å². The quantitative estimate of drug-likeness (QED) is 0.369. The molecule has 212 valence electrons. The number of hydrogen-bond donors (Lipinski definition) is 3. The molecule has 8 heteroatoms. The summed E-state index contributed by atoms with van der Waals surface area (Å²) in [7, 11) is 0. The fraction of sp³-hybridized carbons (Fsp3) is 0.516.